The maximum absolute atomic E-state index is 12.8. The van der Waals surface area contributed by atoms with E-state index in [0.717, 1.165) is 25.0 Å². The molecule has 0 saturated heterocycles. The molecule has 0 amide bonds. The van der Waals surface area contributed by atoms with Gasteiger partial charge in [0.2, 0.25) is 0 Å². The van der Waals surface area contributed by atoms with Crippen LogP contribution in [0.15, 0.2) is 36.1 Å². The lowest BCUT2D eigenvalue weighted by Crippen LogP contribution is -2.46. The third kappa shape index (κ3) is 6.79. The minimum atomic E-state index is -0.909. The smallest absolute Gasteiger partial charge is 0.162 e. The minimum Gasteiger partial charge on any atom is -0.490 e. The second kappa shape index (κ2) is 11.5. The molecule has 0 heterocycles. The third-order valence-electron chi connectivity index (χ3n) is 7.54. The van der Waals surface area contributed by atoms with E-state index in [-0.39, 0.29) is 24.6 Å². The fourth-order valence-electron chi connectivity index (χ4n) is 4.76. The highest BCUT2D eigenvalue weighted by molar-refractivity contribution is 5.85. The molecule has 2 atom stereocenters. The molecule has 0 bridgehead atoms. The quantitative estimate of drug-likeness (QED) is 0.183. The molecule has 0 radical (unpaired) electrons. The highest BCUT2D eigenvalue weighted by Gasteiger charge is 2.45. The molecule has 2 aliphatic carbocycles. The van der Waals surface area contributed by atoms with Crippen molar-refractivity contribution in [1.29, 1.82) is 0 Å². The second-order valence-corrected chi connectivity index (χ2v) is 9.98. The standard InChI is InChI=1S/C27H44O4/c1-8-10-25(31-24-11-13-26(14-12-24)15-16-26)17-23(21(5)9-2)18-27(20(3)4,22(6)28)30-19-29-7/h8,10,17,20-21,24H,1,9,11-16,18-19H2,2-7H3/b23-17-,25-10+. The molecule has 2 aliphatic rings. The summed E-state index contributed by atoms with van der Waals surface area (Å²) in [7, 11) is 1.59. The molecule has 176 valence electrons. The zero-order valence-electron chi connectivity index (χ0n) is 20.7. The summed E-state index contributed by atoms with van der Waals surface area (Å²) in [5.41, 5.74) is 0.912. The maximum atomic E-state index is 12.8. The van der Waals surface area contributed by atoms with Gasteiger partial charge in [0.15, 0.2) is 5.78 Å². The molecule has 2 rings (SSSR count). The molecule has 0 aromatic heterocycles. The summed E-state index contributed by atoms with van der Waals surface area (Å²) in [6.07, 6.45) is 15.3. The molecule has 4 nitrogen and oxygen atoms in total. The Kier molecular flexibility index (Phi) is 9.57. The first-order chi connectivity index (χ1) is 14.7. The van der Waals surface area contributed by atoms with E-state index in [1.165, 1.54) is 31.3 Å². The van der Waals surface area contributed by atoms with Gasteiger partial charge in [0.25, 0.3) is 0 Å². The lowest BCUT2D eigenvalue weighted by molar-refractivity contribution is -0.171. The van der Waals surface area contributed by atoms with E-state index in [0.29, 0.717) is 17.8 Å². The van der Waals surface area contributed by atoms with Crippen LogP contribution in [0.25, 0.3) is 0 Å². The zero-order valence-corrected chi connectivity index (χ0v) is 20.7. The first-order valence-corrected chi connectivity index (χ1v) is 12.1. The van der Waals surface area contributed by atoms with Gasteiger partial charge in [-0.05, 0) is 81.3 Å². The van der Waals surface area contributed by atoms with E-state index in [1.807, 2.05) is 19.9 Å². The van der Waals surface area contributed by atoms with Gasteiger partial charge in [-0.2, -0.15) is 0 Å². The molecule has 1 spiro atoms. The Morgan fingerprint density at radius 2 is 1.84 bits per heavy atom. The Labute approximate surface area is 190 Å². The van der Waals surface area contributed by atoms with Crippen LogP contribution < -0.4 is 0 Å². The Balaban J connectivity index is 2.26. The van der Waals surface area contributed by atoms with Crippen LogP contribution in [0.4, 0.5) is 0 Å². The van der Waals surface area contributed by atoms with E-state index in [9.17, 15) is 4.79 Å². The van der Waals surface area contributed by atoms with Gasteiger partial charge in [-0.3, -0.25) is 4.79 Å². The van der Waals surface area contributed by atoms with Gasteiger partial charge in [0.05, 0.1) is 6.10 Å². The summed E-state index contributed by atoms with van der Waals surface area (Å²) in [5, 5.41) is 0. The number of hydrogen-bond donors (Lipinski definition) is 0. The van der Waals surface area contributed by atoms with Crippen molar-refractivity contribution in [3.05, 3.63) is 36.1 Å². The van der Waals surface area contributed by atoms with Gasteiger partial charge in [-0.1, -0.05) is 45.9 Å². The van der Waals surface area contributed by atoms with Crippen molar-refractivity contribution in [1.82, 2.24) is 0 Å². The van der Waals surface area contributed by atoms with Crippen molar-refractivity contribution in [3.8, 4) is 0 Å². The highest BCUT2D eigenvalue weighted by Crippen LogP contribution is 2.56. The van der Waals surface area contributed by atoms with Gasteiger partial charge < -0.3 is 14.2 Å². The monoisotopic (exact) mass is 432 g/mol. The van der Waals surface area contributed by atoms with Crippen molar-refractivity contribution in [2.75, 3.05) is 13.9 Å². The molecule has 4 heteroatoms. The van der Waals surface area contributed by atoms with E-state index in [1.54, 1.807) is 20.1 Å². The van der Waals surface area contributed by atoms with E-state index in [2.05, 4.69) is 26.5 Å². The van der Waals surface area contributed by atoms with Crippen LogP contribution in [0.5, 0.6) is 0 Å². The van der Waals surface area contributed by atoms with Crippen LogP contribution in [-0.2, 0) is 19.0 Å². The molecule has 2 unspecified atom stereocenters. The summed E-state index contributed by atoms with van der Waals surface area (Å²) in [5.74, 6) is 1.20. The van der Waals surface area contributed by atoms with Crippen LogP contribution in [0.1, 0.15) is 86.0 Å². The van der Waals surface area contributed by atoms with E-state index in [4.69, 9.17) is 14.2 Å². The van der Waals surface area contributed by atoms with Crippen LogP contribution >= 0.6 is 0 Å². The number of Topliss-reactive ketones (excluding diaryl/α,β-unsaturated/α-hetero) is 1. The van der Waals surface area contributed by atoms with Gasteiger partial charge in [0, 0.05) is 13.5 Å². The Bertz CT molecular complexity index is 661. The molecule has 0 aliphatic heterocycles. The fraction of sp³-hybridized carbons (Fsp3) is 0.741. The Morgan fingerprint density at radius 3 is 2.29 bits per heavy atom. The van der Waals surface area contributed by atoms with Crippen molar-refractivity contribution < 1.29 is 19.0 Å². The van der Waals surface area contributed by atoms with Crippen LogP contribution in [0, 0.1) is 17.3 Å². The number of methoxy groups -OCH3 is 1. The molecular weight excluding hydrogens is 388 g/mol. The van der Waals surface area contributed by atoms with Crippen LogP contribution in [0.2, 0.25) is 0 Å². The summed E-state index contributed by atoms with van der Waals surface area (Å²) >= 11 is 0. The average Bonchev–Trinajstić information content (AvgIpc) is 3.50. The largest absolute Gasteiger partial charge is 0.490 e. The number of ether oxygens (including phenoxy) is 3. The lowest BCUT2D eigenvalue weighted by atomic mass is 9.77. The first kappa shape index (κ1) is 25.9. The number of ketones is 1. The highest BCUT2D eigenvalue weighted by atomic mass is 16.7. The van der Waals surface area contributed by atoms with Gasteiger partial charge in [-0.15, -0.1) is 0 Å². The van der Waals surface area contributed by atoms with Crippen molar-refractivity contribution in [2.45, 2.75) is 97.7 Å². The molecule has 31 heavy (non-hydrogen) atoms. The zero-order chi connectivity index (χ0) is 23.1. The predicted molar refractivity (Wildman–Crippen MR) is 127 cm³/mol. The predicted octanol–water partition coefficient (Wildman–Crippen LogP) is 6.76. The fourth-order valence-corrected chi connectivity index (χ4v) is 4.76. The normalized spacial score (nSPS) is 22.3. The molecule has 2 saturated carbocycles. The number of carbonyl (C=O) groups excluding carboxylic acids is 1. The van der Waals surface area contributed by atoms with Crippen LogP contribution in [0.3, 0.4) is 0 Å². The summed E-state index contributed by atoms with van der Waals surface area (Å²) in [6, 6.07) is 0. The van der Waals surface area contributed by atoms with Gasteiger partial charge >= 0.3 is 0 Å². The number of carbonyl (C=O) groups is 1. The summed E-state index contributed by atoms with van der Waals surface area (Å²) < 4.78 is 17.7. The number of hydrogen-bond acceptors (Lipinski definition) is 4. The van der Waals surface area contributed by atoms with Crippen molar-refractivity contribution in [2.24, 2.45) is 17.3 Å². The molecule has 0 aromatic carbocycles. The first-order valence-electron chi connectivity index (χ1n) is 12.1. The number of rotatable bonds is 13. The molecular formula is C27H44O4. The summed E-state index contributed by atoms with van der Waals surface area (Å²) in [4.78, 5) is 12.8. The van der Waals surface area contributed by atoms with Gasteiger partial charge in [0.1, 0.15) is 18.2 Å². The lowest BCUT2D eigenvalue weighted by Gasteiger charge is -2.37. The summed E-state index contributed by atoms with van der Waals surface area (Å²) in [6.45, 7) is 14.1. The topological polar surface area (TPSA) is 44.8 Å². The van der Waals surface area contributed by atoms with Crippen molar-refractivity contribution >= 4 is 5.78 Å². The number of allylic oxidation sites excluding steroid dienone is 3. The van der Waals surface area contributed by atoms with Gasteiger partial charge in [-0.25, -0.2) is 0 Å². The minimum absolute atomic E-state index is 0.0217. The van der Waals surface area contributed by atoms with E-state index < -0.39 is 5.60 Å². The second-order valence-electron chi connectivity index (χ2n) is 9.98. The Hall–Kier alpha value is -1.39. The SMILES string of the molecule is C=C/C=C(\C=C(\CC(OCOC)(C(C)=O)C(C)C)C(C)CC)OC1CCC2(CC1)CC2. The third-order valence-corrected chi connectivity index (χ3v) is 7.54. The molecule has 0 aromatic rings. The Morgan fingerprint density at radius 1 is 1.19 bits per heavy atom. The molecule has 0 N–H and O–H groups in total. The van der Waals surface area contributed by atoms with Crippen LogP contribution in [-0.4, -0.2) is 31.4 Å². The maximum Gasteiger partial charge on any atom is 0.162 e. The molecule has 2 fully saturated rings. The van der Waals surface area contributed by atoms with Crippen molar-refractivity contribution in [3.63, 3.8) is 0 Å². The van der Waals surface area contributed by atoms with E-state index >= 15 is 0 Å². The average molecular weight is 433 g/mol.